The van der Waals surface area contributed by atoms with Gasteiger partial charge in [-0.2, -0.15) is 9.78 Å². The van der Waals surface area contributed by atoms with Gasteiger partial charge in [0.05, 0.1) is 17.9 Å². The number of carbonyl (C=O) groups is 2. The third kappa shape index (κ3) is 4.91. The molecule has 3 aromatic rings. The van der Waals surface area contributed by atoms with Gasteiger partial charge in [0.15, 0.2) is 0 Å². The van der Waals surface area contributed by atoms with Gasteiger partial charge in [0.1, 0.15) is 5.60 Å². The van der Waals surface area contributed by atoms with Gasteiger partial charge in [-0.05, 0) is 94.7 Å². The molecule has 3 heterocycles. The molecule has 8 heteroatoms. The summed E-state index contributed by atoms with van der Waals surface area (Å²) in [5.41, 5.74) is 5.53. The van der Waals surface area contributed by atoms with Crippen molar-refractivity contribution < 1.29 is 14.3 Å². The van der Waals surface area contributed by atoms with Crippen molar-refractivity contribution in [1.82, 2.24) is 19.7 Å². The number of hydrogen-bond acceptors (Lipinski definition) is 6. The van der Waals surface area contributed by atoms with Gasteiger partial charge in [-0.1, -0.05) is 12.1 Å². The van der Waals surface area contributed by atoms with Gasteiger partial charge in [0.2, 0.25) is 0 Å². The third-order valence-electron chi connectivity index (χ3n) is 7.63. The Bertz CT molecular complexity index is 1360. The fraction of sp³-hybridized carbons (Fsp3) is 0.467. The maximum absolute atomic E-state index is 14.1. The first-order chi connectivity index (χ1) is 18.3. The quantitative estimate of drug-likeness (QED) is 0.488. The Morgan fingerprint density at radius 1 is 1.05 bits per heavy atom. The normalized spacial score (nSPS) is 18.6. The lowest BCUT2D eigenvalue weighted by Gasteiger charge is -2.35. The molecule has 198 valence electrons. The van der Waals surface area contributed by atoms with Crippen LogP contribution in [0.15, 0.2) is 48.8 Å². The van der Waals surface area contributed by atoms with Crippen LogP contribution in [0.3, 0.4) is 0 Å². The van der Waals surface area contributed by atoms with Gasteiger partial charge in [-0.15, -0.1) is 0 Å². The molecular formula is C30H35N5O3. The van der Waals surface area contributed by atoms with E-state index in [0.717, 1.165) is 79.0 Å². The summed E-state index contributed by atoms with van der Waals surface area (Å²) in [5, 5.41) is 4.51. The average Bonchev–Trinajstić information content (AvgIpc) is 3.48. The van der Waals surface area contributed by atoms with Crippen molar-refractivity contribution in [3.8, 4) is 0 Å². The summed E-state index contributed by atoms with van der Waals surface area (Å²) < 4.78 is 6.82. The maximum Gasteiger partial charge on any atom is 0.435 e. The van der Waals surface area contributed by atoms with E-state index >= 15 is 0 Å². The molecule has 0 radical (unpaired) electrons. The number of amides is 1. The zero-order valence-corrected chi connectivity index (χ0v) is 22.4. The van der Waals surface area contributed by atoms with Gasteiger partial charge >= 0.3 is 6.09 Å². The fourth-order valence-electron chi connectivity index (χ4n) is 5.80. The minimum Gasteiger partial charge on any atom is -0.442 e. The van der Waals surface area contributed by atoms with Gasteiger partial charge in [0.25, 0.3) is 5.91 Å². The Labute approximate surface area is 223 Å². The lowest BCUT2D eigenvalue weighted by Crippen LogP contribution is -2.45. The molecule has 8 nitrogen and oxygen atoms in total. The van der Waals surface area contributed by atoms with E-state index in [0.29, 0.717) is 6.42 Å². The Morgan fingerprint density at radius 3 is 2.63 bits per heavy atom. The Balaban J connectivity index is 1.22. The molecule has 1 unspecified atom stereocenters. The maximum atomic E-state index is 14.1. The number of aryl methyl sites for hydroxylation is 1. The molecule has 0 spiro atoms. The minimum absolute atomic E-state index is 0.0978. The van der Waals surface area contributed by atoms with Crippen molar-refractivity contribution in [2.45, 2.75) is 83.5 Å². The first-order valence-corrected chi connectivity index (χ1v) is 13.7. The van der Waals surface area contributed by atoms with Crippen molar-refractivity contribution in [3.63, 3.8) is 0 Å². The molecule has 0 N–H and O–H groups in total. The van der Waals surface area contributed by atoms with E-state index in [1.54, 1.807) is 6.20 Å². The molecule has 2 aliphatic carbocycles. The molecule has 1 fully saturated rings. The molecule has 1 amide bonds. The topological polar surface area (TPSA) is 80.6 Å². The Morgan fingerprint density at radius 2 is 1.89 bits per heavy atom. The first kappa shape index (κ1) is 24.6. The van der Waals surface area contributed by atoms with Crippen LogP contribution >= 0.6 is 0 Å². The van der Waals surface area contributed by atoms with E-state index in [4.69, 9.17) is 4.74 Å². The minimum atomic E-state index is -0.579. The predicted molar refractivity (Wildman–Crippen MR) is 144 cm³/mol. The number of carbonyl (C=O) groups excluding carboxylic acids is 2. The summed E-state index contributed by atoms with van der Waals surface area (Å²) in [7, 11) is 0. The van der Waals surface area contributed by atoms with E-state index in [2.05, 4.69) is 25.9 Å². The molecule has 0 saturated heterocycles. The summed E-state index contributed by atoms with van der Waals surface area (Å²) in [6, 6.07) is 12.5. The second-order valence-corrected chi connectivity index (χ2v) is 11.7. The van der Waals surface area contributed by atoms with Crippen LogP contribution in [0.4, 0.5) is 10.5 Å². The van der Waals surface area contributed by atoms with Crippen molar-refractivity contribution in [1.29, 1.82) is 0 Å². The van der Waals surface area contributed by atoms with E-state index < -0.39 is 11.7 Å². The van der Waals surface area contributed by atoms with Crippen LogP contribution in [-0.2, 0) is 30.5 Å². The number of fused-ring (bicyclic) bond motifs is 2. The van der Waals surface area contributed by atoms with Gasteiger partial charge < -0.3 is 14.5 Å². The van der Waals surface area contributed by atoms with Crippen LogP contribution in [-0.4, -0.2) is 55.9 Å². The predicted octanol–water partition coefficient (Wildman–Crippen LogP) is 4.79. The largest absolute Gasteiger partial charge is 0.442 e. The van der Waals surface area contributed by atoms with E-state index in [9.17, 15) is 9.59 Å². The number of hydrogen-bond donors (Lipinski definition) is 0. The highest BCUT2D eigenvalue weighted by molar-refractivity contribution is 5.98. The van der Waals surface area contributed by atoms with E-state index in [1.807, 2.05) is 57.3 Å². The molecule has 2 aromatic heterocycles. The van der Waals surface area contributed by atoms with Crippen LogP contribution < -0.4 is 4.90 Å². The molecule has 38 heavy (non-hydrogen) atoms. The SMILES string of the molecule is CC(C)(C)OC(=O)n1cc2c(n1)CCC(N(C(=O)c1cccc3c1CCN3Cc1ccccn1)C1CC1)C2. The molecule has 1 aliphatic heterocycles. The number of anilines is 1. The van der Waals surface area contributed by atoms with Crippen molar-refractivity contribution in [2.75, 3.05) is 11.4 Å². The zero-order chi connectivity index (χ0) is 26.4. The fourth-order valence-corrected chi connectivity index (χ4v) is 5.80. The number of ether oxygens (including phenoxy) is 1. The molecule has 1 saturated carbocycles. The number of rotatable bonds is 5. The highest BCUT2D eigenvalue weighted by Crippen LogP contribution is 2.38. The average molecular weight is 514 g/mol. The molecular weight excluding hydrogens is 478 g/mol. The summed E-state index contributed by atoms with van der Waals surface area (Å²) in [6.45, 7) is 7.17. The first-order valence-electron chi connectivity index (χ1n) is 13.7. The van der Waals surface area contributed by atoms with Crippen molar-refractivity contribution in [2.24, 2.45) is 0 Å². The van der Waals surface area contributed by atoms with Crippen molar-refractivity contribution >= 4 is 17.7 Å². The number of aromatic nitrogens is 3. The molecule has 0 bridgehead atoms. The lowest BCUT2D eigenvalue weighted by molar-refractivity contribution is 0.0513. The molecule has 1 aromatic carbocycles. The highest BCUT2D eigenvalue weighted by atomic mass is 16.6. The van der Waals surface area contributed by atoms with Gasteiger partial charge in [-0.25, -0.2) is 4.79 Å². The van der Waals surface area contributed by atoms with Crippen LogP contribution in [0.25, 0.3) is 0 Å². The number of nitrogens with zero attached hydrogens (tertiary/aromatic N) is 5. The molecule has 3 aliphatic rings. The standard InChI is InChI=1S/C30H35N5O3/c1-30(2,3)38-29(37)34-18-20-17-23(12-13-26(20)32-34)35(22-10-11-22)28(36)25-8-6-9-27-24(25)14-16-33(27)19-21-7-4-5-15-31-21/h4-9,15,18,22-23H,10-14,16-17,19H2,1-3H3. The summed E-state index contributed by atoms with van der Waals surface area (Å²) in [5.74, 6) is 0.136. The summed E-state index contributed by atoms with van der Waals surface area (Å²) in [4.78, 5) is 35.7. The zero-order valence-electron chi connectivity index (χ0n) is 22.4. The third-order valence-corrected chi connectivity index (χ3v) is 7.63. The lowest BCUT2D eigenvalue weighted by atomic mass is 9.91. The summed E-state index contributed by atoms with van der Waals surface area (Å²) in [6.07, 6.45) is 8.42. The Hall–Kier alpha value is -3.68. The monoisotopic (exact) mass is 513 g/mol. The highest BCUT2D eigenvalue weighted by Gasteiger charge is 2.41. The van der Waals surface area contributed by atoms with E-state index in [-0.39, 0.29) is 18.0 Å². The van der Waals surface area contributed by atoms with Crippen LogP contribution in [0.1, 0.15) is 72.9 Å². The van der Waals surface area contributed by atoms with Crippen LogP contribution in [0, 0.1) is 0 Å². The van der Waals surface area contributed by atoms with Crippen LogP contribution in [0.2, 0.25) is 0 Å². The van der Waals surface area contributed by atoms with Crippen LogP contribution in [0.5, 0.6) is 0 Å². The second kappa shape index (κ2) is 9.57. The Kier molecular flexibility index (Phi) is 6.20. The van der Waals surface area contributed by atoms with Gasteiger partial charge in [-0.3, -0.25) is 9.78 Å². The van der Waals surface area contributed by atoms with Gasteiger partial charge in [0, 0.05) is 42.3 Å². The second-order valence-electron chi connectivity index (χ2n) is 11.7. The van der Waals surface area contributed by atoms with E-state index in [1.165, 1.54) is 4.68 Å². The summed E-state index contributed by atoms with van der Waals surface area (Å²) >= 11 is 0. The smallest absolute Gasteiger partial charge is 0.435 e. The van der Waals surface area contributed by atoms with Crippen molar-refractivity contribution in [3.05, 3.63) is 76.9 Å². The molecule has 1 atom stereocenters. The number of pyridine rings is 1. The number of benzene rings is 1. The molecule has 6 rings (SSSR count).